The Morgan fingerprint density at radius 1 is 1.33 bits per heavy atom. The lowest BCUT2D eigenvalue weighted by molar-refractivity contribution is 1.22. The molecule has 0 aliphatic rings. The molecule has 0 fully saturated rings. The van der Waals surface area contributed by atoms with Crippen molar-refractivity contribution < 1.29 is 0 Å². The molecule has 1 rings (SSSR count). The SMILES string of the molecule is CC/C=C\C=C/c1nsnc1C. The number of aromatic nitrogens is 2. The predicted octanol–water partition coefficient (Wildman–Crippen LogP) is 2.83. The van der Waals surface area contributed by atoms with E-state index in [2.05, 4.69) is 21.7 Å². The maximum atomic E-state index is 4.12. The molecule has 0 spiro atoms. The lowest BCUT2D eigenvalue weighted by atomic mass is 10.3. The first-order chi connectivity index (χ1) is 5.84. The topological polar surface area (TPSA) is 25.8 Å². The highest BCUT2D eigenvalue weighted by atomic mass is 32.1. The molecule has 64 valence electrons. The second-order valence-electron chi connectivity index (χ2n) is 2.43. The first-order valence-corrected chi connectivity index (χ1v) is 4.70. The predicted molar refractivity (Wildman–Crippen MR) is 53.1 cm³/mol. The molecule has 12 heavy (non-hydrogen) atoms. The second kappa shape index (κ2) is 4.83. The van der Waals surface area contributed by atoms with E-state index in [4.69, 9.17) is 0 Å². The third-order valence-electron chi connectivity index (χ3n) is 1.42. The van der Waals surface area contributed by atoms with Crippen molar-refractivity contribution in [3.63, 3.8) is 0 Å². The van der Waals surface area contributed by atoms with Crippen LogP contribution in [0.3, 0.4) is 0 Å². The van der Waals surface area contributed by atoms with Gasteiger partial charge in [-0.2, -0.15) is 8.75 Å². The third kappa shape index (κ3) is 2.58. The molecule has 0 unspecified atom stereocenters. The molecule has 1 aromatic heterocycles. The Morgan fingerprint density at radius 3 is 2.75 bits per heavy atom. The van der Waals surface area contributed by atoms with Gasteiger partial charge in [0.25, 0.3) is 0 Å². The van der Waals surface area contributed by atoms with Gasteiger partial charge in [0.05, 0.1) is 23.1 Å². The van der Waals surface area contributed by atoms with Crippen molar-refractivity contribution in [1.82, 2.24) is 8.75 Å². The molecular weight excluding hydrogens is 168 g/mol. The monoisotopic (exact) mass is 180 g/mol. The molecule has 3 heteroatoms. The molecule has 0 bridgehead atoms. The van der Waals surface area contributed by atoms with E-state index in [1.165, 1.54) is 11.7 Å². The Labute approximate surface area is 77.0 Å². The first kappa shape index (κ1) is 9.13. The van der Waals surface area contributed by atoms with Gasteiger partial charge in [0.15, 0.2) is 0 Å². The average Bonchev–Trinajstić information content (AvgIpc) is 2.46. The van der Waals surface area contributed by atoms with E-state index in [1.54, 1.807) is 0 Å². The average molecular weight is 180 g/mol. The van der Waals surface area contributed by atoms with Crippen LogP contribution in [0.15, 0.2) is 18.2 Å². The second-order valence-corrected chi connectivity index (χ2v) is 2.96. The van der Waals surface area contributed by atoms with Gasteiger partial charge >= 0.3 is 0 Å². The number of hydrogen-bond acceptors (Lipinski definition) is 3. The fourth-order valence-electron chi connectivity index (χ4n) is 0.751. The Kier molecular flexibility index (Phi) is 3.67. The summed E-state index contributed by atoms with van der Waals surface area (Å²) in [6.07, 6.45) is 9.17. The van der Waals surface area contributed by atoms with Crippen LogP contribution in [-0.4, -0.2) is 8.75 Å². The van der Waals surface area contributed by atoms with E-state index in [9.17, 15) is 0 Å². The van der Waals surface area contributed by atoms with Crippen LogP contribution in [0.5, 0.6) is 0 Å². The summed E-state index contributed by atoms with van der Waals surface area (Å²) in [6, 6.07) is 0. The minimum atomic E-state index is 0.973. The maximum Gasteiger partial charge on any atom is 0.0998 e. The maximum absolute atomic E-state index is 4.12. The summed E-state index contributed by atoms with van der Waals surface area (Å²) >= 11 is 1.25. The number of aryl methyl sites for hydroxylation is 1. The summed E-state index contributed by atoms with van der Waals surface area (Å²) in [5, 5.41) is 0. The van der Waals surface area contributed by atoms with Crippen molar-refractivity contribution in [3.05, 3.63) is 29.6 Å². The van der Waals surface area contributed by atoms with Gasteiger partial charge in [-0.15, -0.1) is 0 Å². The zero-order valence-corrected chi connectivity index (χ0v) is 8.14. The summed E-state index contributed by atoms with van der Waals surface area (Å²) < 4.78 is 8.19. The van der Waals surface area contributed by atoms with Crippen molar-refractivity contribution in [2.24, 2.45) is 0 Å². The van der Waals surface area contributed by atoms with Crippen LogP contribution in [0.4, 0.5) is 0 Å². The lowest BCUT2D eigenvalue weighted by Gasteiger charge is -1.82. The van der Waals surface area contributed by atoms with Gasteiger partial charge in [0, 0.05) is 0 Å². The Balaban J connectivity index is 2.57. The Morgan fingerprint density at radius 2 is 2.17 bits per heavy atom. The molecule has 0 aromatic carbocycles. The van der Waals surface area contributed by atoms with E-state index in [-0.39, 0.29) is 0 Å². The quantitative estimate of drug-likeness (QED) is 0.668. The number of rotatable bonds is 3. The summed E-state index contributed by atoms with van der Waals surface area (Å²) in [5.74, 6) is 0. The highest BCUT2D eigenvalue weighted by Crippen LogP contribution is 2.05. The molecular formula is C9H12N2S. The number of hydrogen-bond donors (Lipinski definition) is 0. The van der Waals surface area contributed by atoms with Gasteiger partial charge < -0.3 is 0 Å². The van der Waals surface area contributed by atoms with Crippen molar-refractivity contribution >= 4 is 17.8 Å². The van der Waals surface area contributed by atoms with E-state index >= 15 is 0 Å². The summed E-state index contributed by atoms with van der Waals surface area (Å²) in [6.45, 7) is 4.08. The fraction of sp³-hybridized carbons (Fsp3) is 0.333. The summed E-state index contributed by atoms with van der Waals surface area (Å²) in [7, 11) is 0. The van der Waals surface area contributed by atoms with Crippen LogP contribution in [0.25, 0.3) is 6.08 Å². The molecule has 0 atom stereocenters. The third-order valence-corrected chi connectivity index (χ3v) is 2.06. The molecule has 0 aliphatic heterocycles. The molecule has 2 nitrogen and oxygen atoms in total. The molecule has 0 amide bonds. The molecule has 1 heterocycles. The molecule has 0 radical (unpaired) electrons. The van der Waals surface area contributed by atoms with Crippen molar-refractivity contribution in [3.8, 4) is 0 Å². The van der Waals surface area contributed by atoms with Crippen LogP contribution < -0.4 is 0 Å². The van der Waals surface area contributed by atoms with Crippen LogP contribution in [0.1, 0.15) is 24.7 Å². The van der Waals surface area contributed by atoms with E-state index in [1.807, 2.05) is 25.2 Å². The first-order valence-electron chi connectivity index (χ1n) is 3.97. The van der Waals surface area contributed by atoms with E-state index in [0.717, 1.165) is 17.8 Å². The fourth-order valence-corrected chi connectivity index (χ4v) is 1.29. The molecule has 1 aromatic rings. The van der Waals surface area contributed by atoms with Crippen LogP contribution in [0, 0.1) is 6.92 Å². The molecule has 0 saturated heterocycles. The smallest absolute Gasteiger partial charge is 0.0998 e. The highest BCUT2D eigenvalue weighted by molar-refractivity contribution is 6.99. The molecule has 0 N–H and O–H groups in total. The number of allylic oxidation sites excluding steroid dienone is 3. The van der Waals surface area contributed by atoms with Gasteiger partial charge in [-0.05, 0) is 19.4 Å². The summed E-state index contributed by atoms with van der Waals surface area (Å²) in [4.78, 5) is 0. The van der Waals surface area contributed by atoms with Gasteiger partial charge in [-0.1, -0.05) is 25.2 Å². The van der Waals surface area contributed by atoms with Crippen molar-refractivity contribution in [2.75, 3.05) is 0 Å². The highest BCUT2D eigenvalue weighted by Gasteiger charge is 1.95. The Bertz CT molecular complexity index is 286. The van der Waals surface area contributed by atoms with Crippen LogP contribution >= 0.6 is 11.7 Å². The largest absolute Gasteiger partial charge is 0.178 e. The van der Waals surface area contributed by atoms with Gasteiger partial charge in [-0.3, -0.25) is 0 Å². The van der Waals surface area contributed by atoms with E-state index < -0.39 is 0 Å². The standard InChI is InChI=1S/C9H12N2S/c1-3-4-5-6-7-9-8(2)10-12-11-9/h4-7H,3H2,1-2H3/b5-4-,7-6-. The number of nitrogens with zero attached hydrogens (tertiary/aromatic N) is 2. The van der Waals surface area contributed by atoms with E-state index in [0.29, 0.717) is 0 Å². The molecule has 0 aliphatic carbocycles. The zero-order chi connectivity index (χ0) is 8.81. The molecule has 0 saturated carbocycles. The van der Waals surface area contributed by atoms with Crippen LogP contribution in [0.2, 0.25) is 0 Å². The van der Waals surface area contributed by atoms with Crippen LogP contribution in [-0.2, 0) is 0 Å². The van der Waals surface area contributed by atoms with Gasteiger partial charge in [-0.25, -0.2) is 0 Å². The normalized spacial score (nSPS) is 11.8. The van der Waals surface area contributed by atoms with Gasteiger partial charge in [0.1, 0.15) is 0 Å². The zero-order valence-electron chi connectivity index (χ0n) is 7.32. The van der Waals surface area contributed by atoms with Gasteiger partial charge in [0.2, 0.25) is 0 Å². The minimum absolute atomic E-state index is 0.973. The summed E-state index contributed by atoms with van der Waals surface area (Å²) in [5.41, 5.74) is 1.97. The Hall–Kier alpha value is -0.960. The van der Waals surface area contributed by atoms with Crippen molar-refractivity contribution in [2.45, 2.75) is 20.3 Å². The minimum Gasteiger partial charge on any atom is -0.178 e. The van der Waals surface area contributed by atoms with Crippen molar-refractivity contribution in [1.29, 1.82) is 0 Å². The lowest BCUT2D eigenvalue weighted by Crippen LogP contribution is -1.74.